The van der Waals surface area contributed by atoms with Crippen molar-refractivity contribution in [2.45, 2.75) is 20.0 Å². The number of nitrogens with zero attached hydrogens (tertiary/aromatic N) is 2. The number of carboxylic acids is 1. The fourth-order valence-corrected chi connectivity index (χ4v) is 3.00. The molecule has 0 unspecified atom stereocenters. The lowest BCUT2D eigenvalue weighted by atomic mass is 10.3. The molecule has 2 aromatic rings. The molecule has 0 fully saturated rings. The highest BCUT2D eigenvalue weighted by atomic mass is 79.9. The maximum Gasteiger partial charge on any atom is 0.345 e. The number of hydrogen-bond donors (Lipinski definition) is 2. The van der Waals surface area contributed by atoms with Crippen molar-refractivity contribution in [3.8, 4) is 0 Å². The van der Waals surface area contributed by atoms with Crippen LogP contribution < -0.4 is 5.32 Å². The third-order valence-corrected chi connectivity index (χ3v) is 4.75. The van der Waals surface area contributed by atoms with Gasteiger partial charge in [0.25, 0.3) is 0 Å². The van der Waals surface area contributed by atoms with Crippen LogP contribution in [0.5, 0.6) is 0 Å². The average molecular weight is 344 g/mol. The number of aryl methyl sites for hydroxylation is 2. The van der Waals surface area contributed by atoms with Gasteiger partial charge in [0.2, 0.25) is 0 Å². The summed E-state index contributed by atoms with van der Waals surface area (Å²) in [7, 11) is 1.90. The van der Waals surface area contributed by atoms with Crippen molar-refractivity contribution in [3.05, 3.63) is 37.7 Å². The van der Waals surface area contributed by atoms with Gasteiger partial charge >= 0.3 is 5.97 Å². The normalized spacial score (nSPS) is 10.9. The van der Waals surface area contributed by atoms with E-state index in [-0.39, 0.29) is 0 Å². The van der Waals surface area contributed by atoms with Gasteiger partial charge in [0.1, 0.15) is 4.88 Å². The standard InChI is InChI=1S/C12H14BrN3O2S/c1-7-11(13)9(16(2)15-7)5-14-4-8-3-10(12(17)18)19-6-8/h3,6,14H,4-5H2,1-2H3,(H,17,18). The molecule has 0 aliphatic rings. The number of aromatic carboxylic acids is 1. The summed E-state index contributed by atoms with van der Waals surface area (Å²) in [4.78, 5) is 11.1. The van der Waals surface area contributed by atoms with Crippen LogP contribution in [0.25, 0.3) is 0 Å². The van der Waals surface area contributed by atoms with Crippen molar-refractivity contribution in [1.82, 2.24) is 15.1 Å². The van der Waals surface area contributed by atoms with Crippen LogP contribution in [0.15, 0.2) is 15.9 Å². The Kier molecular flexibility index (Phi) is 4.38. The van der Waals surface area contributed by atoms with Gasteiger partial charge in [-0.25, -0.2) is 4.79 Å². The number of carbonyl (C=O) groups is 1. The summed E-state index contributed by atoms with van der Waals surface area (Å²) < 4.78 is 2.85. The fourth-order valence-electron chi connectivity index (χ4n) is 1.78. The van der Waals surface area contributed by atoms with E-state index in [1.165, 1.54) is 11.3 Å². The monoisotopic (exact) mass is 343 g/mol. The third-order valence-electron chi connectivity index (χ3n) is 2.75. The van der Waals surface area contributed by atoms with E-state index < -0.39 is 5.97 Å². The van der Waals surface area contributed by atoms with Gasteiger partial charge in [-0.05, 0) is 39.9 Å². The van der Waals surface area contributed by atoms with Crippen LogP contribution in [0.4, 0.5) is 0 Å². The molecule has 0 aliphatic carbocycles. The minimum Gasteiger partial charge on any atom is -0.477 e. The topological polar surface area (TPSA) is 67.2 Å². The van der Waals surface area contributed by atoms with E-state index in [2.05, 4.69) is 26.3 Å². The van der Waals surface area contributed by atoms with E-state index in [4.69, 9.17) is 5.11 Å². The second kappa shape index (κ2) is 5.85. The first kappa shape index (κ1) is 14.2. The predicted octanol–water partition coefficient (Wildman–Crippen LogP) is 2.54. The summed E-state index contributed by atoms with van der Waals surface area (Å²) in [6, 6.07) is 1.70. The number of carboxylic acid groups (broad SMARTS) is 1. The van der Waals surface area contributed by atoms with E-state index in [0.29, 0.717) is 18.0 Å². The van der Waals surface area contributed by atoms with Gasteiger partial charge < -0.3 is 10.4 Å². The first-order chi connectivity index (χ1) is 8.99. The minimum absolute atomic E-state index is 0.370. The van der Waals surface area contributed by atoms with Crippen LogP contribution >= 0.6 is 27.3 Å². The summed E-state index contributed by atoms with van der Waals surface area (Å²) in [6.07, 6.45) is 0. The molecule has 2 heterocycles. The highest BCUT2D eigenvalue weighted by Crippen LogP contribution is 2.20. The van der Waals surface area contributed by atoms with Gasteiger partial charge in [0, 0.05) is 20.1 Å². The van der Waals surface area contributed by atoms with Crippen LogP contribution in [0.2, 0.25) is 0 Å². The van der Waals surface area contributed by atoms with Crippen molar-refractivity contribution in [2.24, 2.45) is 7.05 Å². The number of aromatic nitrogens is 2. The van der Waals surface area contributed by atoms with Crippen molar-refractivity contribution < 1.29 is 9.90 Å². The first-order valence-electron chi connectivity index (χ1n) is 5.68. The first-order valence-corrected chi connectivity index (χ1v) is 7.35. The van der Waals surface area contributed by atoms with Gasteiger partial charge in [-0.15, -0.1) is 11.3 Å². The molecule has 0 spiro atoms. The Morgan fingerprint density at radius 3 is 2.84 bits per heavy atom. The maximum atomic E-state index is 10.8. The molecule has 2 rings (SSSR count). The van der Waals surface area contributed by atoms with Gasteiger partial charge in [0.15, 0.2) is 0 Å². The lowest BCUT2D eigenvalue weighted by Crippen LogP contribution is -2.15. The zero-order valence-corrected chi connectivity index (χ0v) is 13.0. The number of nitrogens with one attached hydrogen (secondary N) is 1. The van der Waals surface area contributed by atoms with Crippen molar-refractivity contribution >= 4 is 33.2 Å². The molecule has 7 heteroatoms. The second-order valence-electron chi connectivity index (χ2n) is 4.20. The van der Waals surface area contributed by atoms with E-state index in [1.54, 1.807) is 6.07 Å². The Morgan fingerprint density at radius 1 is 1.58 bits per heavy atom. The molecule has 0 saturated heterocycles. The fraction of sp³-hybridized carbons (Fsp3) is 0.333. The van der Waals surface area contributed by atoms with Gasteiger partial charge in [-0.1, -0.05) is 0 Å². The molecule has 5 nitrogen and oxygen atoms in total. The summed E-state index contributed by atoms with van der Waals surface area (Å²) in [6.45, 7) is 3.27. The number of halogens is 1. The molecule has 2 aromatic heterocycles. The van der Waals surface area contributed by atoms with Crippen molar-refractivity contribution in [3.63, 3.8) is 0 Å². The second-order valence-corrected chi connectivity index (χ2v) is 5.90. The van der Waals surface area contributed by atoms with E-state index in [0.717, 1.165) is 21.4 Å². The molecule has 0 radical (unpaired) electrons. The quantitative estimate of drug-likeness (QED) is 0.875. The molecular weight excluding hydrogens is 330 g/mol. The summed E-state index contributed by atoms with van der Waals surface area (Å²) >= 11 is 4.76. The Labute approximate surface area is 123 Å². The van der Waals surface area contributed by atoms with Gasteiger partial charge in [-0.3, -0.25) is 4.68 Å². The molecule has 0 aliphatic heterocycles. The van der Waals surface area contributed by atoms with Crippen LogP contribution in [-0.2, 0) is 20.1 Å². The van der Waals surface area contributed by atoms with Gasteiger partial charge in [0.05, 0.1) is 15.9 Å². The maximum absolute atomic E-state index is 10.8. The zero-order chi connectivity index (χ0) is 14.0. The summed E-state index contributed by atoms with van der Waals surface area (Å²) in [5, 5.41) is 18.3. The van der Waals surface area contributed by atoms with E-state index in [9.17, 15) is 4.79 Å². The number of rotatable bonds is 5. The molecule has 0 saturated carbocycles. The SMILES string of the molecule is Cc1nn(C)c(CNCc2csc(C(=O)O)c2)c1Br. The Balaban J connectivity index is 1.94. The van der Waals surface area contributed by atoms with Crippen LogP contribution in [0.1, 0.15) is 26.6 Å². The molecule has 0 aromatic carbocycles. The molecule has 102 valence electrons. The Hall–Kier alpha value is -1.18. The van der Waals surface area contributed by atoms with Gasteiger partial charge in [-0.2, -0.15) is 5.10 Å². The summed E-state index contributed by atoms with van der Waals surface area (Å²) in [5.74, 6) is -0.874. The zero-order valence-electron chi connectivity index (χ0n) is 10.6. The molecule has 0 atom stereocenters. The molecule has 0 bridgehead atoms. The van der Waals surface area contributed by atoms with Crippen LogP contribution in [0.3, 0.4) is 0 Å². The minimum atomic E-state index is -0.874. The Bertz CT molecular complexity index is 606. The van der Waals surface area contributed by atoms with Crippen molar-refractivity contribution in [2.75, 3.05) is 0 Å². The van der Waals surface area contributed by atoms with Crippen LogP contribution in [-0.4, -0.2) is 20.9 Å². The highest BCUT2D eigenvalue weighted by molar-refractivity contribution is 9.10. The highest BCUT2D eigenvalue weighted by Gasteiger charge is 2.10. The molecular formula is C12H14BrN3O2S. The number of hydrogen-bond acceptors (Lipinski definition) is 4. The van der Waals surface area contributed by atoms with Crippen molar-refractivity contribution in [1.29, 1.82) is 0 Å². The number of thiophene rings is 1. The Morgan fingerprint density at radius 2 is 2.32 bits per heavy atom. The molecule has 0 amide bonds. The lowest BCUT2D eigenvalue weighted by molar-refractivity contribution is 0.0702. The predicted molar refractivity (Wildman–Crippen MR) is 77.5 cm³/mol. The largest absolute Gasteiger partial charge is 0.477 e. The summed E-state index contributed by atoms with van der Waals surface area (Å²) in [5.41, 5.74) is 3.02. The van der Waals surface area contributed by atoms with Crippen LogP contribution in [0, 0.1) is 6.92 Å². The third kappa shape index (κ3) is 3.23. The molecule has 19 heavy (non-hydrogen) atoms. The molecule has 2 N–H and O–H groups in total. The van der Waals surface area contributed by atoms with E-state index >= 15 is 0 Å². The van der Waals surface area contributed by atoms with E-state index in [1.807, 2.05) is 24.0 Å². The lowest BCUT2D eigenvalue weighted by Gasteiger charge is -2.04. The smallest absolute Gasteiger partial charge is 0.345 e. The average Bonchev–Trinajstić information content (AvgIpc) is 2.90.